The van der Waals surface area contributed by atoms with Gasteiger partial charge in [-0.1, -0.05) is 12.8 Å². The van der Waals surface area contributed by atoms with E-state index in [4.69, 9.17) is 21.1 Å². The topological polar surface area (TPSA) is 38.8 Å². The molecule has 1 saturated carbocycles. The summed E-state index contributed by atoms with van der Waals surface area (Å²) >= 11 is 6.38. The lowest BCUT2D eigenvalue weighted by Gasteiger charge is -2.35. The normalized spacial score (nSPS) is 21.7. The van der Waals surface area contributed by atoms with Crippen LogP contribution in [0.5, 0.6) is 11.5 Å². The largest absolute Gasteiger partial charge is 0.493 e. The highest BCUT2D eigenvalue weighted by atomic mass is 35.5. The molecule has 1 aromatic rings. The molecule has 0 N–H and O–H groups in total. The summed E-state index contributed by atoms with van der Waals surface area (Å²) in [6.45, 7) is 0. The molecule has 1 aliphatic carbocycles. The summed E-state index contributed by atoms with van der Waals surface area (Å²) in [6, 6.07) is 5.32. The molecule has 1 amide bonds. The average molecular weight is 312 g/mol. The first kappa shape index (κ1) is 16.0. The second kappa shape index (κ2) is 7.03. The van der Waals surface area contributed by atoms with E-state index in [9.17, 15) is 4.79 Å². The fraction of sp³-hybridized carbons (Fsp3) is 0.562. The lowest BCUT2D eigenvalue weighted by molar-refractivity contribution is 0.0700. The number of halogens is 1. The van der Waals surface area contributed by atoms with E-state index in [1.165, 1.54) is 0 Å². The van der Waals surface area contributed by atoms with Crippen molar-refractivity contribution in [3.05, 3.63) is 23.8 Å². The van der Waals surface area contributed by atoms with E-state index in [0.717, 1.165) is 25.7 Å². The maximum atomic E-state index is 12.6. The molecule has 2 atom stereocenters. The number of methoxy groups -OCH3 is 2. The van der Waals surface area contributed by atoms with Crippen LogP contribution in [0.3, 0.4) is 0 Å². The van der Waals surface area contributed by atoms with Crippen LogP contribution in [0.1, 0.15) is 36.0 Å². The van der Waals surface area contributed by atoms with Crippen LogP contribution in [0.15, 0.2) is 18.2 Å². The number of carbonyl (C=O) groups excluding carboxylic acids is 1. The summed E-state index contributed by atoms with van der Waals surface area (Å²) in [5.41, 5.74) is 0.588. The summed E-state index contributed by atoms with van der Waals surface area (Å²) in [5, 5.41) is 0.0350. The van der Waals surface area contributed by atoms with Gasteiger partial charge in [0.2, 0.25) is 0 Å². The van der Waals surface area contributed by atoms with Crippen molar-refractivity contribution in [2.24, 2.45) is 0 Å². The van der Waals surface area contributed by atoms with Crippen LogP contribution in [0.2, 0.25) is 0 Å². The quantitative estimate of drug-likeness (QED) is 0.801. The van der Waals surface area contributed by atoms with Gasteiger partial charge in [0.1, 0.15) is 0 Å². The van der Waals surface area contributed by atoms with E-state index in [-0.39, 0.29) is 17.3 Å². The lowest BCUT2D eigenvalue weighted by Crippen LogP contribution is -2.44. The highest BCUT2D eigenvalue weighted by Gasteiger charge is 2.30. The molecule has 0 radical (unpaired) electrons. The van der Waals surface area contributed by atoms with Gasteiger partial charge in [0.05, 0.1) is 19.6 Å². The predicted octanol–water partition coefficient (Wildman–Crippen LogP) is 3.33. The standard InChI is InChI=1S/C16H22ClNO3/c1-18(13-7-5-4-6-12(13)17)16(19)11-8-9-14(20-2)15(10-11)21-3/h8-10,12-13H,4-7H2,1-3H3. The molecule has 0 saturated heterocycles. The molecule has 2 rings (SSSR count). The minimum Gasteiger partial charge on any atom is -0.493 e. The number of ether oxygens (including phenoxy) is 2. The zero-order chi connectivity index (χ0) is 15.4. The van der Waals surface area contributed by atoms with Gasteiger partial charge in [-0.25, -0.2) is 0 Å². The molecule has 116 valence electrons. The Labute approximate surface area is 131 Å². The molecule has 21 heavy (non-hydrogen) atoms. The van der Waals surface area contributed by atoms with Crippen molar-refractivity contribution in [3.63, 3.8) is 0 Å². The fourth-order valence-electron chi connectivity index (χ4n) is 2.83. The second-order valence-electron chi connectivity index (χ2n) is 5.35. The number of carbonyl (C=O) groups is 1. The van der Waals surface area contributed by atoms with E-state index < -0.39 is 0 Å². The van der Waals surface area contributed by atoms with Gasteiger partial charge < -0.3 is 14.4 Å². The summed E-state index contributed by atoms with van der Waals surface area (Å²) in [7, 11) is 4.96. The summed E-state index contributed by atoms with van der Waals surface area (Å²) < 4.78 is 10.4. The number of alkyl halides is 1. The van der Waals surface area contributed by atoms with Crippen molar-refractivity contribution in [2.75, 3.05) is 21.3 Å². The van der Waals surface area contributed by atoms with Crippen LogP contribution < -0.4 is 9.47 Å². The Morgan fingerprint density at radius 3 is 2.48 bits per heavy atom. The van der Waals surface area contributed by atoms with Gasteiger partial charge in [0.25, 0.3) is 5.91 Å². The van der Waals surface area contributed by atoms with Gasteiger partial charge in [0, 0.05) is 18.7 Å². The zero-order valence-corrected chi connectivity index (χ0v) is 13.5. The minimum atomic E-state index is -0.0338. The number of benzene rings is 1. The molecule has 5 heteroatoms. The molecule has 1 aromatic carbocycles. The molecule has 1 fully saturated rings. The third kappa shape index (κ3) is 3.43. The van der Waals surface area contributed by atoms with E-state index >= 15 is 0 Å². The zero-order valence-electron chi connectivity index (χ0n) is 12.8. The van der Waals surface area contributed by atoms with Gasteiger partial charge in [-0.15, -0.1) is 11.6 Å². The molecule has 0 heterocycles. The Bertz CT molecular complexity index is 506. The Kier molecular flexibility index (Phi) is 5.34. The lowest BCUT2D eigenvalue weighted by atomic mass is 9.93. The monoisotopic (exact) mass is 311 g/mol. The van der Waals surface area contributed by atoms with Crippen molar-refractivity contribution >= 4 is 17.5 Å². The number of hydrogen-bond donors (Lipinski definition) is 0. The number of nitrogens with zero attached hydrogens (tertiary/aromatic N) is 1. The number of amides is 1. The predicted molar refractivity (Wildman–Crippen MR) is 83.5 cm³/mol. The highest BCUT2D eigenvalue weighted by molar-refractivity contribution is 6.21. The third-order valence-electron chi connectivity index (χ3n) is 4.10. The Hall–Kier alpha value is -1.42. The smallest absolute Gasteiger partial charge is 0.254 e. The van der Waals surface area contributed by atoms with E-state index in [2.05, 4.69) is 0 Å². The van der Waals surface area contributed by atoms with Crippen molar-refractivity contribution in [2.45, 2.75) is 37.1 Å². The summed E-state index contributed by atoms with van der Waals surface area (Å²) in [6.07, 6.45) is 4.19. The van der Waals surface area contributed by atoms with Crippen molar-refractivity contribution < 1.29 is 14.3 Å². The molecule has 1 aliphatic rings. The fourth-order valence-corrected chi connectivity index (χ4v) is 3.28. The van der Waals surface area contributed by atoms with E-state index in [1.54, 1.807) is 37.3 Å². The van der Waals surface area contributed by atoms with E-state index in [1.807, 2.05) is 7.05 Å². The third-order valence-corrected chi connectivity index (χ3v) is 4.60. The van der Waals surface area contributed by atoms with Gasteiger partial charge in [-0.3, -0.25) is 4.79 Å². The maximum Gasteiger partial charge on any atom is 0.254 e. The Morgan fingerprint density at radius 1 is 1.19 bits per heavy atom. The van der Waals surface area contributed by atoms with Crippen LogP contribution in [-0.4, -0.2) is 43.5 Å². The van der Waals surface area contributed by atoms with Crippen molar-refractivity contribution in [1.82, 2.24) is 4.90 Å². The molecule has 2 unspecified atom stereocenters. The molecular weight excluding hydrogens is 290 g/mol. The number of hydrogen-bond acceptors (Lipinski definition) is 3. The highest BCUT2D eigenvalue weighted by Crippen LogP contribution is 2.30. The summed E-state index contributed by atoms with van der Waals surface area (Å²) in [5.74, 6) is 1.14. The van der Waals surface area contributed by atoms with Crippen molar-refractivity contribution in [3.8, 4) is 11.5 Å². The molecule has 0 bridgehead atoms. The molecule has 0 spiro atoms. The Balaban J connectivity index is 2.18. The van der Waals surface area contributed by atoms with Gasteiger partial charge in [-0.05, 0) is 31.0 Å². The van der Waals surface area contributed by atoms with Crippen LogP contribution in [-0.2, 0) is 0 Å². The first-order valence-electron chi connectivity index (χ1n) is 7.21. The van der Waals surface area contributed by atoms with Gasteiger partial charge in [0.15, 0.2) is 11.5 Å². The van der Waals surface area contributed by atoms with Gasteiger partial charge >= 0.3 is 0 Å². The molecule has 4 nitrogen and oxygen atoms in total. The summed E-state index contributed by atoms with van der Waals surface area (Å²) in [4.78, 5) is 14.4. The van der Waals surface area contributed by atoms with Crippen LogP contribution in [0.4, 0.5) is 0 Å². The molecule has 0 aliphatic heterocycles. The average Bonchev–Trinajstić information content (AvgIpc) is 2.53. The maximum absolute atomic E-state index is 12.6. The second-order valence-corrected chi connectivity index (χ2v) is 5.91. The first-order valence-corrected chi connectivity index (χ1v) is 7.65. The van der Waals surface area contributed by atoms with Gasteiger partial charge in [-0.2, -0.15) is 0 Å². The van der Waals surface area contributed by atoms with Crippen LogP contribution in [0.25, 0.3) is 0 Å². The first-order chi connectivity index (χ1) is 10.1. The molecule has 0 aromatic heterocycles. The van der Waals surface area contributed by atoms with Crippen LogP contribution in [0, 0.1) is 0 Å². The minimum absolute atomic E-state index is 0.0338. The van der Waals surface area contributed by atoms with Crippen molar-refractivity contribution in [1.29, 1.82) is 0 Å². The SMILES string of the molecule is COc1ccc(C(=O)N(C)C2CCCCC2Cl)cc1OC. The number of rotatable bonds is 4. The molecular formula is C16H22ClNO3. The van der Waals surface area contributed by atoms with Crippen LogP contribution >= 0.6 is 11.6 Å². The van der Waals surface area contributed by atoms with E-state index in [0.29, 0.717) is 17.1 Å². The Morgan fingerprint density at radius 2 is 1.86 bits per heavy atom.